The van der Waals surface area contributed by atoms with Gasteiger partial charge in [0.25, 0.3) is 0 Å². The van der Waals surface area contributed by atoms with Gasteiger partial charge in [0, 0.05) is 12.0 Å². The molecule has 0 saturated carbocycles. The highest BCUT2D eigenvalue weighted by Gasteiger charge is 2.17. The number of carbonyl (C=O) groups is 1. The number of rotatable bonds is 6. The summed E-state index contributed by atoms with van der Waals surface area (Å²) in [7, 11) is 2.85. The Bertz CT molecular complexity index is 436. The summed E-state index contributed by atoms with van der Waals surface area (Å²) in [5.41, 5.74) is 6.38. The largest absolute Gasteiger partial charge is 0.496 e. The maximum atomic E-state index is 12.8. The van der Waals surface area contributed by atoms with Crippen molar-refractivity contribution in [1.82, 2.24) is 0 Å². The molecule has 1 rings (SSSR count). The highest BCUT2D eigenvalue weighted by atomic mass is 19.1. The molecule has 0 aliphatic heterocycles. The number of methoxy groups -OCH3 is 2. The van der Waals surface area contributed by atoms with Crippen molar-refractivity contribution < 1.29 is 23.8 Å². The second-order valence-electron chi connectivity index (χ2n) is 3.76. The van der Waals surface area contributed by atoms with Crippen molar-refractivity contribution in [3.63, 3.8) is 0 Å². The van der Waals surface area contributed by atoms with Crippen LogP contribution in [-0.4, -0.2) is 31.3 Å². The minimum Gasteiger partial charge on any atom is -0.496 e. The molecule has 5 nitrogen and oxygen atoms in total. The predicted molar refractivity (Wildman–Crippen MR) is 63.7 cm³/mol. The van der Waals surface area contributed by atoms with Gasteiger partial charge in [0.2, 0.25) is 0 Å². The average Bonchev–Trinajstić information content (AvgIpc) is 2.37. The monoisotopic (exact) mass is 257 g/mol. The van der Waals surface area contributed by atoms with Crippen molar-refractivity contribution in [3.05, 3.63) is 23.3 Å². The highest BCUT2D eigenvalue weighted by molar-refractivity contribution is 5.73. The molecular formula is C12H16FNO4. The summed E-state index contributed by atoms with van der Waals surface area (Å²) < 4.78 is 22.9. The zero-order valence-electron chi connectivity index (χ0n) is 10.3. The molecule has 1 aromatic rings. The van der Waals surface area contributed by atoms with Crippen molar-refractivity contribution in [2.75, 3.05) is 14.2 Å². The Balaban J connectivity index is 3.13. The molecule has 0 radical (unpaired) electrons. The van der Waals surface area contributed by atoms with E-state index in [4.69, 9.17) is 20.3 Å². The average molecular weight is 257 g/mol. The Hall–Kier alpha value is -1.82. The molecule has 0 amide bonds. The van der Waals surface area contributed by atoms with Crippen LogP contribution in [0.2, 0.25) is 0 Å². The Morgan fingerprint density at radius 1 is 1.33 bits per heavy atom. The number of hydrogen-bond acceptors (Lipinski definition) is 4. The van der Waals surface area contributed by atoms with Gasteiger partial charge in [-0.3, -0.25) is 4.79 Å². The molecule has 1 atom stereocenters. The van der Waals surface area contributed by atoms with Crippen LogP contribution in [0, 0.1) is 0 Å². The lowest BCUT2D eigenvalue weighted by Crippen LogP contribution is -2.32. The molecular weight excluding hydrogens is 241 g/mol. The van der Waals surface area contributed by atoms with Crippen molar-refractivity contribution in [3.8, 4) is 11.5 Å². The van der Waals surface area contributed by atoms with Crippen LogP contribution >= 0.6 is 0 Å². The van der Waals surface area contributed by atoms with Crippen LogP contribution in [0.15, 0.2) is 12.1 Å². The Labute approximate surface area is 104 Å². The molecule has 18 heavy (non-hydrogen) atoms. The van der Waals surface area contributed by atoms with Gasteiger partial charge in [-0.1, -0.05) is 0 Å². The van der Waals surface area contributed by atoms with E-state index in [1.54, 1.807) is 6.07 Å². The number of carboxylic acid groups (broad SMARTS) is 1. The number of nitrogens with two attached hydrogens (primary N) is 1. The lowest BCUT2D eigenvalue weighted by molar-refractivity contribution is -0.138. The summed E-state index contributed by atoms with van der Waals surface area (Å²) in [6.45, 7) is -0.690. The molecule has 6 heteroatoms. The summed E-state index contributed by atoms with van der Waals surface area (Å²) >= 11 is 0. The van der Waals surface area contributed by atoms with Crippen molar-refractivity contribution in [2.45, 2.75) is 19.1 Å². The Morgan fingerprint density at radius 2 is 1.83 bits per heavy atom. The van der Waals surface area contributed by atoms with Gasteiger partial charge in [-0.15, -0.1) is 0 Å². The topological polar surface area (TPSA) is 81.8 Å². The third-order valence-electron chi connectivity index (χ3n) is 2.58. The quantitative estimate of drug-likeness (QED) is 0.798. The van der Waals surface area contributed by atoms with Gasteiger partial charge >= 0.3 is 5.97 Å². The molecule has 0 fully saturated rings. The molecule has 1 unspecified atom stereocenters. The Morgan fingerprint density at radius 3 is 2.28 bits per heavy atom. The zero-order valence-corrected chi connectivity index (χ0v) is 10.3. The van der Waals surface area contributed by atoms with Crippen molar-refractivity contribution in [1.29, 1.82) is 0 Å². The van der Waals surface area contributed by atoms with Crippen molar-refractivity contribution in [2.24, 2.45) is 5.73 Å². The maximum Gasteiger partial charge on any atom is 0.320 e. The SMILES string of the molecule is COc1cc(CC(N)C(=O)O)c(OC)cc1CF. The number of alkyl halides is 1. The van der Waals surface area contributed by atoms with Gasteiger partial charge in [0.15, 0.2) is 0 Å². The second kappa shape index (κ2) is 6.20. The van der Waals surface area contributed by atoms with Crippen molar-refractivity contribution >= 4 is 5.97 Å². The zero-order chi connectivity index (χ0) is 13.7. The van der Waals surface area contributed by atoms with E-state index in [2.05, 4.69) is 0 Å². The number of aliphatic carboxylic acids is 1. The van der Waals surface area contributed by atoms with Crippen LogP contribution in [0.1, 0.15) is 11.1 Å². The number of carboxylic acids is 1. The van der Waals surface area contributed by atoms with Crippen LogP contribution in [0.4, 0.5) is 4.39 Å². The third kappa shape index (κ3) is 3.10. The van der Waals surface area contributed by atoms with E-state index in [9.17, 15) is 9.18 Å². The predicted octanol–water partition coefficient (Wildman–Crippen LogP) is 1.13. The molecule has 0 aliphatic rings. The van der Waals surface area contributed by atoms with E-state index in [0.29, 0.717) is 22.6 Å². The summed E-state index contributed by atoms with van der Waals surface area (Å²) in [6, 6.07) is 2.00. The van der Waals surface area contributed by atoms with Crippen LogP contribution < -0.4 is 15.2 Å². The first-order valence-corrected chi connectivity index (χ1v) is 5.31. The first kappa shape index (κ1) is 14.2. The smallest absolute Gasteiger partial charge is 0.320 e. The molecule has 0 aliphatic carbocycles. The standard InChI is InChI=1S/C12H16FNO4/c1-17-10-5-8(6-13)11(18-2)4-7(10)3-9(14)12(15)16/h4-5,9H,3,6,14H2,1-2H3,(H,15,16). The fourth-order valence-corrected chi connectivity index (χ4v) is 1.61. The lowest BCUT2D eigenvalue weighted by atomic mass is 10.0. The van der Waals surface area contributed by atoms with E-state index in [1.165, 1.54) is 20.3 Å². The number of halogens is 1. The summed E-state index contributed by atoms with van der Waals surface area (Å²) in [5, 5.41) is 8.78. The minimum atomic E-state index is -1.11. The van der Waals surface area contributed by atoms with Gasteiger partial charge in [-0.25, -0.2) is 4.39 Å². The van der Waals surface area contributed by atoms with Gasteiger partial charge < -0.3 is 20.3 Å². The Kier molecular flexibility index (Phi) is 4.91. The van der Waals surface area contributed by atoms with Crippen LogP contribution in [0.25, 0.3) is 0 Å². The van der Waals surface area contributed by atoms with E-state index >= 15 is 0 Å². The van der Waals surface area contributed by atoms with E-state index in [1.807, 2.05) is 0 Å². The van der Waals surface area contributed by atoms with Gasteiger partial charge in [-0.05, 0) is 17.7 Å². The van der Waals surface area contributed by atoms with Gasteiger partial charge in [-0.2, -0.15) is 0 Å². The van der Waals surface area contributed by atoms with Gasteiger partial charge in [0.05, 0.1) is 14.2 Å². The molecule has 3 N–H and O–H groups in total. The van der Waals surface area contributed by atoms with E-state index in [0.717, 1.165) is 0 Å². The molecule has 0 heterocycles. The summed E-state index contributed by atoms with van der Waals surface area (Å²) in [6.07, 6.45) is 0.0848. The van der Waals surface area contributed by atoms with Crippen LogP contribution in [0.5, 0.6) is 11.5 Å². The molecule has 0 bridgehead atoms. The van der Waals surface area contributed by atoms with E-state index < -0.39 is 18.7 Å². The maximum absolute atomic E-state index is 12.8. The number of hydrogen-bond donors (Lipinski definition) is 2. The number of benzene rings is 1. The second-order valence-corrected chi connectivity index (χ2v) is 3.76. The summed E-state index contributed by atoms with van der Waals surface area (Å²) in [4.78, 5) is 10.7. The molecule has 100 valence electrons. The molecule has 0 spiro atoms. The van der Waals surface area contributed by atoms with E-state index in [-0.39, 0.29) is 6.42 Å². The molecule has 1 aromatic carbocycles. The fourth-order valence-electron chi connectivity index (χ4n) is 1.61. The summed E-state index contributed by atoms with van der Waals surface area (Å²) in [5.74, 6) is -0.350. The normalized spacial score (nSPS) is 12.0. The first-order chi connectivity index (χ1) is 8.53. The van der Waals surface area contributed by atoms with Crippen LogP contribution in [0.3, 0.4) is 0 Å². The first-order valence-electron chi connectivity index (χ1n) is 5.31. The lowest BCUT2D eigenvalue weighted by Gasteiger charge is -2.15. The van der Waals surface area contributed by atoms with Crippen LogP contribution in [-0.2, 0) is 17.9 Å². The molecule has 0 saturated heterocycles. The third-order valence-corrected chi connectivity index (χ3v) is 2.58. The van der Waals surface area contributed by atoms with Gasteiger partial charge in [0.1, 0.15) is 24.2 Å². The highest BCUT2D eigenvalue weighted by Crippen LogP contribution is 2.30. The molecule has 0 aromatic heterocycles. The number of ether oxygens (including phenoxy) is 2. The fraction of sp³-hybridized carbons (Fsp3) is 0.417. The minimum absolute atomic E-state index is 0.0848.